The van der Waals surface area contributed by atoms with Crippen molar-refractivity contribution >= 4 is 27.4 Å². The van der Waals surface area contributed by atoms with E-state index in [0.717, 1.165) is 6.26 Å². The van der Waals surface area contributed by atoms with Crippen LogP contribution in [0.5, 0.6) is 5.75 Å². The van der Waals surface area contributed by atoms with Crippen molar-refractivity contribution in [3.63, 3.8) is 0 Å². The fraction of sp³-hybridized carbons (Fsp3) is 0.222. The Morgan fingerprint density at radius 3 is 2.08 bits per heavy atom. The van der Waals surface area contributed by atoms with Crippen molar-refractivity contribution in [3.8, 4) is 5.75 Å². The normalized spacial score (nSPS) is 12.1. The van der Waals surface area contributed by atoms with Gasteiger partial charge in [0.1, 0.15) is 5.75 Å². The fourth-order valence-electron chi connectivity index (χ4n) is 2.04. The monoisotopic (exact) mass is 377 g/mol. The van der Waals surface area contributed by atoms with Crippen LogP contribution in [0.3, 0.4) is 0 Å². The second-order valence-corrected chi connectivity index (χ2v) is 7.58. The zero-order valence-corrected chi connectivity index (χ0v) is 15.4. The smallest absolute Gasteiger partial charge is 0.338 e. The van der Waals surface area contributed by atoms with E-state index in [2.05, 4.69) is 5.32 Å². The Labute approximate surface area is 151 Å². The largest absolute Gasteiger partial charge is 0.497 e. The van der Waals surface area contributed by atoms with Gasteiger partial charge in [0.15, 0.2) is 15.9 Å². The van der Waals surface area contributed by atoms with Gasteiger partial charge in [0.05, 0.1) is 17.6 Å². The zero-order chi connectivity index (χ0) is 19.3. The topological polar surface area (TPSA) is 98.8 Å². The van der Waals surface area contributed by atoms with Crippen molar-refractivity contribution in [2.75, 3.05) is 18.7 Å². The van der Waals surface area contributed by atoms with Crippen LogP contribution in [-0.2, 0) is 19.4 Å². The van der Waals surface area contributed by atoms with Crippen molar-refractivity contribution in [1.82, 2.24) is 0 Å². The Morgan fingerprint density at radius 2 is 1.58 bits per heavy atom. The Morgan fingerprint density at radius 1 is 1.00 bits per heavy atom. The molecular formula is C18H19NO6S. The first-order chi connectivity index (χ1) is 12.2. The third-order valence-electron chi connectivity index (χ3n) is 3.53. The summed E-state index contributed by atoms with van der Waals surface area (Å²) in [6.45, 7) is 1.45. The van der Waals surface area contributed by atoms with Gasteiger partial charge in [-0.05, 0) is 55.5 Å². The van der Waals surface area contributed by atoms with Gasteiger partial charge in [-0.3, -0.25) is 4.79 Å². The third kappa shape index (κ3) is 5.06. The Bertz CT molecular complexity index is 888. The van der Waals surface area contributed by atoms with Crippen molar-refractivity contribution < 1.29 is 27.5 Å². The van der Waals surface area contributed by atoms with E-state index < -0.39 is 27.8 Å². The molecule has 0 saturated heterocycles. The molecule has 1 amide bonds. The number of sulfone groups is 1. The lowest BCUT2D eigenvalue weighted by Crippen LogP contribution is -2.30. The van der Waals surface area contributed by atoms with Crippen LogP contribution < -0.4 is 10.1 Å². The Hall–Kier alpha value is -2.87. The predicted molar refractivity (Wildman–Crippen MR) is 96.1 cm³/mol. The molecule has 0 aromatic heterocycles. The van der Waals surface area contributed by atoms with Crippen molar-refractivity contribution in [2.45, 2.75) is 17.9 Å². The van der Waals surface area contributed by atoms with E-state index in [0.29, 0.717) is 11.4 Å². The number of hydrogen-bond donors (Lipinski definition) is 1. The molecule has 0 unspecified atom stereocenters. The number of carbonyl (C=O) groups is 2. The molecule has 2 rings (SSSR count). The molecule has 1 atom stereocenters. The van der Waals surface area contributed by atoms with E-state index in [-0.39, 0.29) is 10.5 Å². The molecule has 1 N–H and O–H groups in total. The quantitative estimate of drug-likeness (QED) is 0.776. The fourth-order valence-corrected chi connectivity index (χ4v) is 2.67. The van der Waals surface area contributed by atoms with Gasteiger partial charge in [0.2, 0.25) is 0 Å². The molecule has 26 heavy (non-hydrogen) atoms. The molecule has 8 heteroatoms. The number of esters is 1. The molecular weight excluding hydrogens is 358 g/mol. The van der Waals surface area contributed by atoms with Gasteiger partial charge in [0, 0.05) is 11.9 Å². The van der Waals surface area contributed by atoms with Gasteiger partial charge >= 0.3 is 5.97 Å². The molecule has 0 aliphatic rings. The molecule has 0 heterocycles. The number of rotatable bonds is 6. The standard InChI is InChI=1S/C18H19NO6S/c1-12(17(20)19-14-6-8-15(24-2)9-7-14)25-18(21)13-4-10-16(11-5-13)26(3,22)23/h4-12H,1-3H3,(H,19,20)/t12-/m0/s1. The second kappa shape index (κ2) is 8.01. The number of ether oxygens (including phenoxy) is 2. The van der Waals surface area contributed by atoms with Crippen LogP contribution in [0.4, 0.5) is 5.69 Å². The van der Waals surface area contributed by atoms with Gasteiger partial charge in [-0.25, -0.2) is 13.2 Å². The molecule has 7 nitrogen and oxygen atoms in total. The van der Waals surface area contributed by atoms with Crippen molar-refractivity contribution in [3.05, 3.63) is 54.1 Å². The lowest BCUT2D eigenvalue weighted by molar-refractivity contribution is -0.123. The average Bonchev–Trinajstić information content (AvgIpc) is 2.61. The summed E-state index contributed by atoms with van der Waals surface area (Å²) in [5, 5.41) is 2.63. The minimum absolute atomic E-state index is 0.0966. The minimum Gasteiger partial charge on any atom is -0.497 e. The molecule has 0 bridgehead atoms. The second-order valence-electron chi connectivity index (χ2n) is 5.56. The van der Waals surface area contributed by atoms with Gasteiger partial charge in [0.25, 0.3) is 5.91 Å². The highest BCUT2D eigenvalue weighted by atomic mass is 32.2. The number of benzene rings is 2. The molecule has 0 radical (unpaired) electrons. The maximum absolute atomic E-state index is 12.1. The van der Waals surface area contributed by atoms with Crippen LogP contribution in [0.25, 0.3) is 0 Å². The third-order valence-corrected chi connectivity index (χ3v) is 4.66. The summed E-state index contributed by atoms with van der Waals surface area (Å²) < 4.78 is 33.0. The molecule has 2 aromatic rings. The molecule has 0 saturated carbocycles. The number of hydrogen-bond acceptors (Lipinski definition) is 6. The van der Waals surface area contributed by atoms with Crippen LogP contribution in [0.1, 0.15) is 17.3 Å². The maximum Gasteiger partial charge on any atom is 0.338 e. The molecule has 0 fully saturated rings. The SMILES string of the molecule is COc1ccc(NC(=O)[C@H](C)OC(=O)c2ccc(S(C)(=O)=O)cc2)cc1. The van der Waals surface area contributed by atoms with E-state index in [1.54, 1.807) is 24.3 Å². The summed E-state index contributed by atoms with van der Waals surface area (Å²) >= 11 is 0. The first kappa shape index (κ1) is 19.5. The van der Waals surface area contributed by atoms with Crippen LogP contribution >= 0.6 is 0 Å². The Kier molecular flexibility index (Phi) is 5.99. The molecule has 0 aliphatic heterocycles. The lowest BCUT2D eigenvalue weighted by Gasteiger charge is -2.14. The number of methoxy groups -OCH3 is 1. The molecule has 2 aromatic carbocycles. The lowest BCUT2D eigenvalue weighted by atomic mass is 10.2. The molecule has 0 aliphatic carbocycles. The number of nitrogens with one attached hydrogen (secondary N) is 1. The van der Waals surface area contributed by atoms with Crippen LogP contribution in [-0.4, -0.2) is 39.8 Å². The average molecular weight is 377 g/mol. The highest BCUT2D eigenvalue weighted by Gasteiger charge is 2.19. The summed E-state index contributed by atoms with van der Waals surface area (Å²) in [5.74, 6) is -0.557. The summed E-state index contributed by atoms with van der Waals surface area (Å²) in [4.78, 5) is 24.3. The minimum atomic E-state index is -3.35. The first-order valence-corrected chi connectivity index (χ1v) is 9.56. The number of amides is 1. The summed E-state index contributed by atoms with van der Waals surface area (Å²) in [6.07, 6.45) is 0.0468. The van der Waals surface area contributed by atoms with Gasteiger partial charge in [-0.2, -0.15) is 0 Å². The van der Waals surface area contributed by atoms with E-state index in [1.807, 2.05) is 0 Å². The van der Waals surface area contributed by atoms with E-state index in [4.69, 9.17) is 9.47 Å². The van der Waals surface area contributed by atoms with Gasteiger partial charge in [-0.15, -0.1) is 0 Å². The van der Waals surface area contributed by atoms with Crippen LogP contribution in [0.2, 0.25) is 0 Å². The zero-order valence-electron chi connectivity index (χ0n) is 14.6. The Balaban J connectivity index is 1.97. The van der Waals surface area contributed by atoms with Gasteiger partial charge < -0.3 is 14.8 Å². The summed E-state index contributed by atoms with van der Waals surface area (Å²) in [5.41, 5.74) is 0.692. The predicted octanol–water partition coefficient (Wildman–Crippen LogP) is 2.28. The van der Waals surface area contributed by atoms with Crippen molar-refractivity contribution in [2.24, 2.45) is 0 Å². The highest BCUT2D eigenvalue weighted by molar-refractivity contribution is 7.90. The van der Waals surface area contributed by atoms with Crippen LogP contribution in [0.15, 0.2) is 53.4 Å². The molecule has 0 spiro atoms. The van der Waals surface area contributed by atoms with Crippen LogP contribution in [0, 0.1) is 0 Å². The highest BCUT2D eigenvalue weighted by Crippen LogP contribution is 2.16. The maximum atomic E-state index is 12.1. The van der Waals surface area contributed by atoms with E-state index in [9.17, 15) is 18.0 Å². The molecule has 138 valence electrons. The first-order valence-electron chi connectivity index (χ1n) is 7.66. The van der Waals surface area contributed by atoms with E-state index in [1.165, 1.54) is 38.3 Å². The van der Waals surface area contributed by atoms with E-state index >= 15 is 0 Å². The summed E-state index contributed by atoms with van der Waals surface area (Å²) in [6, 6.07) is 12.0. The van der Waals surface area contributed by atoms with Gasteiger partial charge in [-0.1, -0.05) is 0 Å². The number of anilines is 1. The number of carbonyl (C=O) groups excluding carboxylic acids is 2. The van der Waals surface area contributed by atoms with Crippen molar-refractivity contribution in [1.29, 1.82) is 0 Å². The summed E-state index contributed by atoms with van der Waals surface area (Å²) in [7, 11) is -1.81.